The molecule has 1 fully saturated rings. The molecule has 0 aliphatic carbocycles. The molecule has 0 bridgehead atoms. The number of carbonyl (C=O) groups excluding carboxylic acids is 2. The minimum atomic E-state index is -0.745. The molecule has 31 heavy (non-hydrogen) atoms. The van der Waals surface area contributed by atoms with Crippen molar-refractivity contribution in [2.75, 3.05) is 7.11 Å². The van der Waals surface area contributed by atoms with Gasteiger partial charge in [0.25, 0.3) is 5.91 Å². The van der Waals surface area contributed by atoms with Gasteiger partial charge in [-0.05, 0) is 43.3 Å². The highest BCUT2D eigenvalue weighted by molar-refractivity contribution is 5.98. The highest BCUT2D eigenvalue weighted by Gasteiger charge is 2.47. The van der Waals surface area contributed by atoms with Gasteiger partial charge in [0.2, 0.25) is 12.3 Å². The number of hydrogen-bond donors (Lipinski definition) is 2. The molecule has 2 N–H and O–H groups in total. The Bertz CT molecular complexity index is 1120. The molecule has 3 aromatic carbocycles. The van der Waals surface area contributed by atoms with Crippen molar-refractivity contribution in [3.8, 4) is 5.75 Å². The third kappa shape index (κ3) is 4.48. The van der Waals surface area contributed by atoms with E-state index in [0.29, 0.717) is 5.56 Å². The zero-order valence-corrected chi connectivity index (χ0v) is 17.4. The van der Waals surface area contributed by atoms with Gasteiger partial charge in [0.05, 0.1) is 7.11 Å². The van der Waals surface area contributed by atoms with E-state index in [4.69, 9.17) is 4.74 Å². The molecule has 1 saturated heterocycles. The van der Waals surface area contributed by atoms with E-state index >= 15 is 0 Å². The van der Waals surface area contributed by atoms with Crippen LogP contribution in [0.25, 0.3) is 0 Å². The summed E-state index contributed by atoms with van der Waals surface area (Å²) < 4.78 is 6.96. The van der Waals surface area contributed by atoms with Gasteiger partial charge in [0.15, 0.2) is 6.04 Å². The van der Waals surface area contributed by atoms with Gasteiger partial charge in [-0.1, -0.05) is 48.0 Å². The standard InChI is InChI=1S/C25H23N3O3/c1-17-7-6-10-20(15-17)24(29)26-22-23(19-8-4-3-5-9-19)28(27-25(22)30)16-18-11-13-21(31-2)14-12-18/h3-16,22-23H,1-2H3,(H-,26,27,29,30)/p+1/b28-16-/t22-,23-/m1/s1. The van der Waals surface area contributed by atoms with E-state index in [1.807, 2.05) is 79.9 Å². The zero-order chi connectivity index (χ0) is 21.8. The largest absolute Gasteiger partial charge is 0.497 e. The summed E-state index contributed by atoms with van der Waals surface area (Å²) in [6.07, 6.45) is 1.85. The third-order valence-corrected chi connectivity index (χ3v) is 5.25. The second-order valence-electron chi connectivity index (χ2n) is 7.46. The van der Waals surface area contributed by atoms with Crippen LogP contribution in [-0.4, -0.2) is 35.9 Å². The molecule has 4 rings (SSSR count). The first-order chi connectivity index (χ1) is 15.0. The molecule has 0 saturated carbocycles. The predicted molar refractivity (Wildman–Crippen MR) is 118 cm³/mol. The number of hydrazine groups is 1. The Hall–Kier alpha value is -3.93. The van der Waals surface area contributed by atoms with E-state index < -0.39 is 12.1 Å². The second kappa shape index (κ2) is 8.83. The maximum atomic E-state index is 12.9. The summed E-state index contributed by atoms with van der Waals surface area (Å²) in [5, 5.41) is 2.92. The number of aryl methyl sites for hydroxylation is 1. The fourth-order valence-corrected chi connectivity index (χ4v) is 3.69. The average Bonchev–Trinajstić information content (AvgIpc) is 3.09. The van der Waals surface area contributed by atoms with Gasteiger partial charge in [0, 0.05) is 16.7 Å². The number of hydrogen-bond acceptors (Lipinski definition) is 3. The molecule has 0 unspecified atom stereocenters. The molecular weight excluding hydrogens is 390 g/mol. The van der Waals surface area contributed by atoms with E-state index in [-0.39, 0.29) is 11.8 Å². The Labute approximate surface area is 181 Å². The van der Waals surface area contributed by atoms with Crippen LogP contribution in [0.4, 0.5) is 0 Å². The summed E-state index contributed by atoms with van der Waals surface area (Å²) in [7, 11) is 1.62. The van der Waals surface area contributed by atoms with E-state index in [1.54, 1.807) is 23.9 Å². The molecule has 1 heterocycles. The van der Waals surface area contributed by atoms with Gasteiger partial charge >= 0.3 is 5.91 Å². The van der Waals surface area contributed by atoms with Crippen molar-refractivity contribution in [3.63, 3.8) is 0 Å². The number of benzene rings is 3. The molecule has 1 aliphatic rings. The Balaban J connectivity index is 1.67. The zero-order valence-electron chi connectivity index (χ0n) is 17.4. The maximum Gasteiger partial charge on any atom is 0.304 e. The van der Waals surface area contributed by atoms with Gasteiger partial charge in [0.1, 0.15) is 5.75 Å². The molecule has 2 amide bonds. The van der Waals surface area contributed by atoms with Crippen molar-refractivity contribution in [1.82, 2.24) is 10.7 Å². The van der Waals surface area contributed by atoms with Gasteiger partial charge < -0.3 is 10.1 Å². The molecule has 6 nitrogen and oxygen atoms in total. The topological polar surface area (TPSA) is 70.4 Å². The van der Waals surface area contributed by atoms with Crippen molar-refractivity contribution in [1.29, 1.82) is 0 Å². The summed E-state index contributed by atoms with van der Waals surface area (Å²) in [5.41, 5.74) is 6.21. The van der Waals surface area contributed by atoms with Crippen molar-refractivity contribution in [2.45, 2.75) is 19.0 Å². The Morgan fingerprint density at radius 1 is 1.03 bits per heavy atom. The number of carbonyl (C=O) groups is 2. The van der Waals surface area contributed by atoms with Crippen LogP contribution in [0.1, 0.15) is 33.1 Å². The minimum Gasteiger partial charge on any atom is -0.497 e. The lowest BCUT2D eigenvalue weighted by atomic mass is 9.99. The van der Waals surface area contributed by atoms with Gasteiger partial charge in [-0.3, -0.25) is 9.59 Å². The van der Waals surface area contributed by atoms with Crippen LogP contribution >= 0.6 is 0 Å². The number of hydrazone groups is 1. The Kier molecular flexibility index (Phi) is 5.80. The molecule has 156 valence electrons. The lowest BCUT2D eigenvalue weighted by Gasteiger charge is -2.15. The number of rotatable bonds is 5. The van der Waals surface area contributed by atoms with Crippen LogP contribution in [0.15, 0.2) is 78.9 Å². The number of amides is 2. The first-order valence-electron chi connectivity index (χ1n) is 10.1. The second-order valence-corrected chi connectivity index (χ2v) is 7.46. The first-order valence-corrected chi connectivity index (χ1v) is 10.1. The maximum absolute atomic E-state index is 12.9. The summed E-state index contributed by atoms with van der Waals surface area (Å²) in [6.45, 7) is 1.93. The van der Waals surface area contributed by atoms with E-state index in [0.717, 1.165) is 22.4 Å². The van der Waals surface area contributed by atoms with E-state index in [1.165, 1.54) is 0 Å². The van der Waals surface area contributed by atoms with Crippen LogP contribution in [0.2, 0.25) is 0 Å². The highest BCUT2D eigenvalue weighted by Crippen LogP contribution is 2.25. The number of methoxy groups -OCH3 is 1. The van der Waals surface area contributed by atoms with Gasteiger partial charge in [-0.15, -0.1) is 10.1 Å². The molecular formula is C25H24N3O3+. The van der Waals surface area contributed by atoms with Crippen LogP contribution in [0.3, 0.4) is 0 Å². The first kappa shape index (κ1) is 20.3. The van der Waals surface area contributed by atoms with Crippen LogP contribution in [-0.2, 0) is 4.79 Å². The van der Waals surface area contributed by atoms with Crippen LogP contribution in [0.5, 0.6) is 5.75 Å². The van der Waals surface area contributed by atoms with Gasteiger partial charge in [-0.25, -0.2) is 0 Å². The van der Waals surface area contributed by atoms with Crippen molar-refractivity contribution >= 4 is 18.0 Å². The highest BCUT2D eigenvalue weighted by atomic mass is 16.5. The lowest BCUT2D eigenvalue weighted by molar-refractivity contribution is -0.596. The fraction of sp³-hybridized carbons (Fsp3) is 0.160. The lowest BCUT2D eigenvalue weighted by Crippen LogP contribution is -2.42. The van der Waals surface area contributed by atoms with Crippen LogP contribution < -0.4 is 15.5 Å². The number of nitrogens with zero attached hydrogens (tertiary/aromatic N) is 1. The normalized spacial score (nSPS) is 19.2. The fourth-order valence-electron chi connectivity index (χ4n) is 3.69. The van der Waals surface area contributed by atoms with Crippen molar-refractivity contribution in [2.24, 2.45) is 0 Å². The SMILES string of the molecule is COc1ccc(/C=[N+]2\NC(=O)[C@H](NC(=O)c3cccc(C)c3)[C@H]2c2ccccc2)cc1. The smallest absolute Gasteiger partial charge is 0.304 e. The Morgan fingerprint density at radius 3 is 2.45 bits per heavy atom. The van der Waals surface area contributed by atoms with Crippen molar-refractivity contribution < 1.29 is 19.0 Å². The number of ether oxygens (including phenoxy) is 1. The molecule has 3 aromatic rings. The van der Waals surface area contributed by atoms with E-state index in [2.05, 4.69) is 10.7 Å². The summed E-state index contributed by atoms with van der Waals surface area (Å²) >= 11 is 0. The summed E-state index contributed by atoms with van der Waals surface area (Å²) in [4.78, 5) is 25.8. The van der Waals surface area contributed by atoms with E-state index in [9.17, 15) is 9.59 Å². The minimum absolute atomic E-state index is 0.264. The third-order valence-electron chi connectivity index (χ3n) is 5.25. The molecule has 0 radical (unpaired) electrons. The predicted octanol–water partition coefficient (Wildman–Crippen LogP) is 3.02. The summed E-state index contributed by atoms with van der Waals surface area (Å²) in [6, 6.07) is 23.4. The molecule has 2 atom stereocenters. The molecule has 1 aliphatic heterocycles. The Morgan fingerprint density at radius 2 is 1.77 bits per heavy atom. The van der Waals surface area contributed by atoms with Crippen LogP contribution in [0, 0.1) is 6.92 Å². The molecule has 0 aromatic heterocycles. The quantitative estimate of drug-likeness (QED) is 0.631. The van der Waals surface area contributed by atoms with Crippen molar-refractivity contribution in [3.05, 3.63) is 101 Å². The monoisotopic (exact) mass is 414 g/mol. The average molecular weight is 414 g/mol. The summed E-state index contributed by atoms with van der Waals surface area (Å²) in [5.74, 6) is 0.209. The van der Waals surface area contributed by atoms with Gasteiger partial charge in [-0.2, -0.15) is 0 Å². The number of nitrogens with one attached hydrogen (secondary N) is 2. The molecule has 0 spiro atoms. The molecule has 6 heteroatoms.